The van der Waals surface area contributed by atoms with Crippen LogP contribution in [-0.2, 0) is 16.0 Å². The van der Waals surface area contributed by atoms with E-state index in [9.17, 15) is 9.59 Å². The Hall–Kier alpha value is -1.76. The van der Waals surface area contributed by atoms with E-state index in [0.29, 0.717) is 18.0 Å². The number of halogens is 2. The summed E-state index contributed by atoms with van der Waals surface area (Å²) in [4.78, 5) is 26.7. The van der Waals surface area contributed by atoms with Gasteiger partial charge in [-0.1, -0.05) is 25.4 Å². The molecule has 0 aliphatic carbocycles. The Balaban J connectivity index is 0.00000312. The first kappa shape index (κ1) is 21.3. The fourth-order valence-electron chi connectivity index (χ4n) is 2.34. The second-order valence-corrected chi connectivity index (χ2v) is 6.53. The van der Waals surface area contributed by atoms with E-state index in [0.717, 1.165) is 16.5 Å². The Kier molecular flexibility index (Phi) is 8.22. The number of fused-ring (bicyclic) bond motifs is 1. The van der Waals surface area contributed by atoms with Crippen LogP contribution in [0.3, 0.4) is 0 Å². The average Bonchev–Trinajstić information content (AvgIpc) is 2.94. The van der Waals surface area contributed by atoms with Crippen LogP contribution in [0.5, 0.6) is 0 Å². The third-order valence-corrected chi connectivity index (χ3v) is 4.13. The minimum atomic E-state index is -0.603. The van der Waals surface area contributed by atoms with Gasteiger partial charge in [0.2, 0.25) is 11.8 Å². The molecule has 1 heterocycles. The molecule has 0 aliphatic rings. The van der Waals surface area contributed by atoms with E-state index in [-0.39, 0.29) is 36.7 Å². The molecule has 2 rings (SSSR count). The number of carbonyl (C=O) groups excluding carboxylic acids is 2. The van der Waals surface area contributed by atoms with Crippen molar-refractivity contribution in [2.75, 3.05) is 13.1 Å². The molecule has 2 amide bonds. The maximum absolute atomic E-state index is 11.8. The summed E-state index contributed by atoms with van der Waals surface area (Å²) in [6.45, 7) is 4.12. The van der Waals surface area contributed by atoms with Gasteiger partial charge in [-0.15, -0.1) is 12.4 Å². The quantitative estimate of drug-likeness (QED) is 0.585. The number of H-pyrrole nitrogens is 1. The molecule has 0 saturated heterocycles. The van der Waals surface area contributed by atoms with Crippen LogP contribution in [0.25, 0.3) is 10.9 Å². The van der Waals surface area contributed by atoms with E-state index in [1.807, 2.05) is 38.2 Å². The number of hydrogen-bond donors (Lipinski definition) is 4. The highest BCUT2D eigenvalue weighted by molar-refractivity contribution is 6.31. The van der Waals surface area contributed by atoms with Gasteiger partial charge in [0, 0.05) is 28.7 Å². The number of carbonyl (C=O) groups is 2. The first-order valence-corrected chi connectivity index (χ1v) is 8.31. The summed E-state index contributed by atoms with van der Waals surface area (Å²) in [5.41, 5.74) is 7.81. The molecule has 0 fully saturated rings. The second kappa shape index (κ2) is 9.65. The van der Waals surface area contributed by atoms with Crippen molar-refractivity contribution >= 4 is 46.7 Å². The predicted octanol–water partition coefficient (Wildman–Crippen LogP) is 2.00. The summed E-state index contributed by atoms with van der Waals surface area (Å²) in [7, 11) is 0. The number of rotatable bonds is 7. The highest BCUT2D eigenvalue weighted by Crippen LogP contribution is 2.22. The molecular weight excluding hydrogens is 363 g/mol. The fourth-order valence-corrected chi connectivity index (χ4v) is 2.52. The molecule has 6 nitrogen and oxygen atoms in total. The van der Waals surface area contributed by atoms with Crippen LogP contribution in [0.1, 0.15) is 19.4 Å². The van der Waals surface area contributed by atoms with Crippen molar-refractivity contribution in [2.24, 2.45) is 11.7 Å². The number of aromatic amines is 1. The van der Waals surface area contributed by atoms with Gasteiger partial charge in [-0.25, -0.2) is 0 Å². The zero-order valence-electron chi connectivity index (χ0n) is 14.3. The monoisotopic (exact) mass is 386 g/mol. The molecule has 0 aliphatic heterocycles. The zero-order chi connectivity index (χ0) is 17.7. The lowest BCUT2D eigenvalue weighted by Crippen LogP contribution is -2.47. The van der Waals surface area contributed by atoms with Gasteiger partial charge in [0.05, 0.1) is 12.6 Å². The van der Waals surface area contributed by atoms with E-state index in [4.69, 9.17) is 17.3 Å². The molecule has 0 radical (unpaired) electrons. The van der Waals surface area contributed by atoms with Crippen LogP contribution in [0, 0.1) is 5.92 Å². The molecule has 0 bridgehead atoms. The van der Waals surface area contributed by atoms with Gasteiger partial charge in [0.1, 0.15) is 0 Å². The van der Waals surface area contributed by atoms with E-state index in [1.165, 1.54) is 0 Å². The third kappa shape index (κ3) is 5.92. The summed E-state index contributed by atoms with van der Waals surface area (Å²) in [5, 5.41) is 7.05. The first-order chi connectivity index (χ1) is 11.4. The average molecular weight is 387 g/mol. The molecule has 8 heteroatoms. The molecule has 1 atom stereocenters. The maximum atomic E-state index is 11.8. The number of amides is 2. The minimum absolute atomic E-state index is 0. The zero-order valence-corrected chi connectivity index (χ0v) is 15.8. The second-order valence-electron chi connectivity index (χ2n) is 6.09. The molecule has 138 valence electrons. The Labute approximate surface area is 158 Å². The smallest absolute Gasteiger partial charge is 0.239 e. The van der Waals surface area contributed by atoms with Gasteiger partial charge in [0.15, 0.2) is 0 Å². The molecule has 0 saturated carbocycles. The fraction of sp³-hybridized carbons (Fsp3) is 0.412. The Morgan fingerprint density at radius 2 is 2.00 bits per heavy atom. The van der Waals surface area contributed by atoms with Crippen LogP contribution in [-0.4, -0.2) is 35.9 Å². The van der Waals surface area contributed by atoms with E-state index >= 15 is 0 Å². The lowest BCUT2D eigenvalue weighted by atomic mass is 10.1. The van der Waals surface area contributed by atoms with Gasteiger partial charge >= 0.3 is 0 Å². The molecule has 1 aromatic carbocycles. The van der Waals surface area contributed by atoms with Crippen molar-refractivity contribution < 1.29 is 9.59 Å². The van der Waals surface area contributed by atoms with Gasteiger partial charge in [-0.2, -0.15) is 0 Å². The molecule has 25 heavy (non-hydrogen) atoms. The Morgan fingerprint density at radius 1 is 1.28 bits per heavy atom. The van der Waals surface area contributed by atoms with Crippen LogP contribution >= 0.6 is 24.0 Å². The van der Waals surface area contributed by atoms with Crippen LogP contribution in [0.2, 0.25) is 5.02 Å². The molecule has 2 aromatic rings. The molecule has 0 unspecified atom stereocenters. The normalized spacial score (nSPS) is 11.9. The van der Waals surface area contributed by atoms with E-state index in [2.05, 4.69) is 15.6 Å². The van der Waals surface area contributed by atoms with Crippen LogP contribution in [0.15, 0.2) is 24.4 Å². The summed E-state index contributed by atoms with van der Waals surface area (Å²) >= 11 is 6.02. The topological polar surface area (TPSA) is 100 Å². The molecular formula is C17H24Cl2N4O2. The number of aromatic nitrogens is 1. The molecule has 5 N–H and O–H groups in total. The van der Waals surface area contributed by atoms with Crippen LogP contribution < -0.4 is 16.4 Å². The minimum Gasteiger partial charge on any atom is -0.361 e. The molecule has 0 spiro atoms. The predicted molar refractivity (Wildman–Crippen MR) is 103 cm³/mol. The highest BCUT2D eigenvalue weighted by Gasteiger charge is 2.17. The maximum Gasteiger partial charge on any atom is 0.239 e. The Morgan fingerprint density at radius 3 is 2.68 bits per heavy atom. The number of nitrogens with two attached hydrogens (primary N) is 1. The highest BCUT2D eigenvalue weighted by atomic mass is 35.5. The lowest BCUT2D eigenvalue weighted by Gasteiger charge is -2.15. The number of nitrogens with one attached hydrogen (secondary N) is 3. The summed E-state index contributed by atoms with van der Waals surface area (Å²) in [6, 6.07) is 5.05. The van der Waals surface area contributed by atoms with Crippen molar-refractivity contribution in [3.8, 4) is 0 Å². The van der Waals surface area contributed by atoms with Crippen molar-refractivity contribution in [1.29, 1.82) is 0 Å². The summed E-state index contributed by atoms with van der Waals surface area (Å²) in [5.74, 6) is -0.523. The molecule has 1 aromatic heterocycles. The lowest BCUT2D eigenvalue weighted by molar-refractivity contribution is -0.127. The van der Waals surface area contributed by atoms with Gasteiger partial charge in [0.25, 0.3) is 0 Å². The third-order valence-electron chi connectivity index (χ3n) is 3.89. The summed E-state index contributed by atoms with van der Waals surface area (Å²) < 4.78 is 0. The van der Waals surface area contributed by atoms with Crippen LogP contribution in [0.4, 0.5) is 0 Å². The van der Waals surface area contributed by atoms with Crippen molar-refractivity contribution in [3.63, 3.8) is 0 Å². The largest absolute Gasteiger partial charge is 0.361 e. The Bertz CT molecular complexity index is 731. The first-order valence-electron chi connectivity index (χ1n) is 7.94. The summed E-state index contributed by atoms with van der Waals surface area (Å²) in [6.07, 6.45) is 2.59. The van der Waals surface area contributed by atoms with Gasteiger partial charge in [-0.05, 0) is 36.1 Å². The number of hydrogen-bond acceptors (Lipinski definition) is 3. The number of benzene rings is 1. The van der Waals surface area contributed by atoms with Crippen molar-refractivity contribution in [3.05, 3.63) is 35.0 Å². The SMILES string of the molecule is CC(C)[C@H](N)C(=O)NCC(=O)NCCc1c[nH]c2ccc(Cl)cc12.Cl. The van der Waals surface area contributed by atoms with Gasteiger partial charge < -0.3 is 21.4 Å². The van der Waals surface area contributed by atoms with Gasteiger partial charge in [-0.3, -0.25) is 9.59 Å². The van der Waals surface area contributed by atoms with Crippen molar-refractivity contribution in [1.82, 2.24) is 15.6 Å². The van der Waals surface area contributed by atoms with E-state index in [1.54, 1.807) is 0 Å². The van der Waals surface area contributed by atoms with E-state index < -0.39 is 6.04 Å². The standard InChI is InChI=1S/C17H23ClN4O2.ClH/c1-10(2)16(19)17(24)22-9-15(23)20-6-5-11-8-21-14-4-3-12(18)7-13(11)14;/h3-4,7-8,10,16,21H,5-6,9,19H2,1-2H3,(H,20,23)(H,22,24);1H/t16-;/m0./s1. The van der Waals surface area contributed by atoms with Crippen molar-refractivity contribution in [2.45, 2.75) is 26.3 Å².